The second kappa shape index (κ2) is 6.27. The standard InChI is InChI=1S/C14H20ClNO/c1-12-5-2-3-8-16(12)9-10-17-14-7-4-6-13(15)11-14/h4,6-7,11-12H,2-3,5,8-10H2,1H3. The summed E-state index contributed by atoms with van der Waals surface area (Å²) in [5.41, 5.74) is 0. The van der Waals surface area contributed by atoms with Crippen LogP contribution in [0.1, 0.15) is 26.2 Å². The Morgan fingerprint density at radius 3 is 3.06 bits per heavy atom. The van der Waals surface area contributed by atoms with Gasteiger partial charge in [-0.1, -0.05) is 24.1 Å². The minimum absolute atomic E-state index is 0.701. The molecule has 1 unspecified atom stereocenters. The third-order valence-electron chi connectivity index (χ3n) is 3.38. The molecule has 1 saturated heterocycles. The van der Waals surface area contributed by atoms with Crippen molar-refractivity contribution in [2.75, 3.05) is 19.7 Å². The van der Waals surface area contributed by atoms with Crippen molar-refractivity contribution >= 4 is 11.6 Å². The molecule has 1 aliphatic rings. The number of nitrogens with zero attached hydrogens (tertiary/aromatic N) is 1. The minimum Gasteiger partial charge on any atom is -0.492 e. The number of halogens is 1. The van der Waals surface area contributed by atoms with Crippen LogP contribution in [-0.4, -0.2) is 30.6 Å². The molecule has 0 aliphatic carbocycles. The zero-order valence-electron chi connectivity index (χ0n) is 10.4. The third-order valence-corrected chi connectivity index (χ3v) is 3.62. The van der Waals surface area contributed by atoms with E-state index in [1.165, 1.54) is 25.8 Å². The van der Waals surface area contributed by atoms with Crippen LogP contribution < -0.4 is 4.74 Å². The zero-order valence-corrected chi connectivity index (χ0v) is 11.1. The SMILES string of the molecule is CC1CCCCN1CCOc1cccc(Cl)c1. The number of piperidine rings is 1. The topological polar surface area (TPSA) is 12.5 Å². The van der Waals surface area contributed by atoms with Crippen LogP contribution in [0.3, 0.4) is 0 Å². The molecule has 1 heterocycles. The van der Waals surface area contributed by atoms with Crippen LogP contribution >= 0.6 is 11.6 Å². The van der Waals surface area contributed by atoms with Crippen LogP contribution in [0.4, 0.5) is 0 Å². The Hall–Kier alpha value is -0.730. The molecule has 1 fully saturated rings. The van der Waals surface area contributed by atoms with Gasteiger partial charge in [-0.15, -0.1) is 0 Å². The molecule has 1 aromatic carbocycles. The minimum atomic E-state index is 0.701. The van der Waals surface area contributed by atoms with E-state index >= 15 is 0 Å². The summed E-state index contributed by atoms with van der Waals surface area (Å²) in [4.78, 5) is 2.51. The molecule has 94 valence electrons. The van der Waals surface area contributed by atoms with Gasteiger partial charge in [-0.3, -0.25) is 4.90 Å². The molecular weight excluding hydrogens is 234 g/mol. The van der Waals surface area contributed by atoms with E-state index in [9.17, 15) is 0 Å². The molecule has 3 heteroatoms. The van der Waals surface area contributed by atoms with E-state index in [0.29, 0.717) is 6.04 Å². The van der Waals surface area contributed by atoms with E-state index in [4.69, 9.17) is 16.3 Å². The average Bonchev–Trinajstić information content (AvgIpc) is 2.32. The first kappa shape index (κ1) is 12.7. The maximum absolute atomic E-state index is 5.91. The molecule has 0 N–H and O–H groups in total. The summed E-state index contributed by atoms with van der Waals surface area (Å²) in [6.45, 7) is 5.26. The van der Waals surface area contributed by atoms with E-state index in [-0.39, 0.29) is 0 Å². The van der Waals surface area contributed by atoms with Gasteiger partial charge in [0.1, 0.15) is 12.4 Å². The summed E-state index contributed by atoms with van der Waals surface area (Å²) in [5, 5.41) is 0.730. The second-order valence-electron chi connectivity index (χ2n) is 4.69. The summed E-state index contributed by atoms with van der Waals surface area (Å²) in [6, 6.07) is 8.29. The van der Waals surface area contributed by atoms with E-state index in [2.05, 4.69) is 11.8 Å². The van der Waals surface area contributed by atoms with Crippen LogP contribution in [0.15, 0.2) is 24.3 Å². The van der Waals surface area contributed by atoms with Crippen LogP contribution in [0, 0.1) is 0 Å². The summed E-state index contributed by atoms with van der Waals surface area (Å²) in [5.74, 6) is 0.863. The fourth-order valence-corrected chi connectivity index (χ4v) is 2.51. The lowest BCUT2D eigenvalue weighted by atomic mass is 10.0. The van der Waals surface area contributed by atoms with Gasteiger partial charge in [0, 0.05) is 17.6 Å². The van der Waals surface area contributed by atoms with Gasteiger partial charge >= 0.3 is 0 Å². The Bertz CT molecular complexity index is 356. The normalized spacial score (nSPS) is 21.4. The van der Waals surface area contributed by atoms with Crippen molar-refractivity contribution in [3.63, 3.8) is 0 Å². The summed E-state index contributed by atoms with van der Waals surface area (Å²) >= 11 is 5.91. The first-order valence-electron chi connectivity index (χ1n) is 6.38. The number of hydrogen-bond acceptors (Lipinski definition) is 2. The number of hydrogen-bond donors (Lipinski definition) is 0. The van der Waals surface area contributed by atoms with E-state index in [0.717, 1.165) is 23.9 Å². The molecule has 1 aromatic rings. The monoisotopic (exact) mass is 253 g/mol. The average molecular weight is 254 g/mol. The van der Waals surface area contributed by atoms with Crippen molar-refractivity contribution in [3.05, 3.63) is 29.3 Å². The maximum Gasteiger partial charge on any atom is 0.120 e. The van der Waals surface area contributed by atoms with Gasteiger partial charge in [-0.05, 0) is 44.5 Å². The van der Waals surface area contributed by atoms with Crippen molar-refractivity contribution in [2.45, 2.75) is 32.2 Å². The van der Waals surface area contributed by atoms with Crippen molar-refractivity contribution in [3.8, 4) is 5.75 Å². The van der Waals surface area contributed by atoms with E-state index in [1.807, 2.05) is 24.3 Å². The van der Waals surface area contributed by atoms with Gasteiger partial charge in [0.15, 0.2) is 0 Å². The Labute approximate surface area is 109 Å². The van der Waals surface area contributed by atoms with Crippen LogP contribution in [0.25, 0.3) is 0 Å². The van der Waals surface area contributed by atoms with Crippen molar-refractivity contribution < 1.29 is 4.74 Å². The van der Waals surface area contributed by atoms with E-state index < -0.39 is 0 Å². The van der Waals surface area contributed by atoms with Crippen LogP contribution in [0.2, 0.25) is 5.02 Å². The van der Waals surface area contributed by atoms with Gasteiger partial charge in [-0.2, -0.15) is 0 Å². The van der Waals surface area contributed by atoms with Gasteiger partial charge in [0.05, 0.1) is 0 Å². The highest BCUT2D eigenvalue weighted by Gasteiger charge is 2.17. The number of rotatable bonds is 4. The van der Waals surface area contributed by atoms with Crippen molar-refractivity contribution in [1.29, 1.82) is 0 Å². The number of likely N-dealkylation sites (tertiary alicyclic amines) is 1. The molecule has 0 radical (unpaired) electrons. The fourth-order valence-electron chi connectivity index (χ4n) is 2.33. The predicted octanol–water partition coefficient (Wildman–Crippen LogP) is 3.59. The lowest BCUT2D eigenvalue weighted by molar-refractivity contribution is 0.133. The third kappa shape index (κ3) is 3.90. The molecule has 0 aromatic heterocycles. The van der Waals surface area contributed by atoms with Gasteiger partial charge in [0.2, 0.25) is 0 Å². The van der Waals surface area contributed by atoms with Crippen LogP contribution in [-0.2, 0) is 0 Å². The molecule has 2 nitrogen and oxygen atoms in total. The Morgan fingerprint density at radius 1 is 1.41 bits per heavy atom. The molecule has 0 bridgehead atoms. The maximum atomic E-state index is 5.91. The molecule has 0 amide bonds. The quantitative estimate of drug-likeness (QED) is 0.813. The fraction of sp³-hybridized carbons (Fsp3) is 0.571. The smallest absolute Gasteiger partial charge is 0.120 e. The highest BCUT2D eigenvalue weighted by molar-refractivity contribution is 6.30. The molecule has 0 saturated carbocycles. The zero-order chi connectivity index (χ0) is 12.1. The molecule has 1 aliphatic heterocycles. The molecule has 17 heavy (non-hydrogen) atoms. The summed E-state index contributed by atoms with van der Waals surface area (Å²) in [6.07, 6.45) is 4.01. The highest BCUT2D eigenvalue weighted by Crippen LogP contribution is 2.18. The van der Waals surface area contributed by atoms with Gasteiger partial charge < -0.3 is 4.74 Å². The Kier molecular flexibility index (Phi) is 4.69. The second-order valence-corrected chi connectivity index (χ2v) is 5.12. The lowest BCUT2D eigenvalue weighted by Crippen LogP contribution is -2.39. The molecular formula is C14H20ClNO. The molecule has 2 rings (SSSR count). The Morgan fingerprint density at radius 2 is 2.29 bits per heavy atom. The van der Waals surface area contributed by atoms with Gasteiger partial charge in [-0.25, -0.2) is 0 Å². The molecule has 1 atom stereocenters. The van der Waals surface area contributed by atoms with E-state index in [1.54, 1.807) is 0 Å². The van der Waals surface area contributed by atoms with Gasteiger partial charge in [0.25, 0.3) is 0 Å². The highest BCUT2D eigenvalue weighted by atomic mass is 35.5. The summed E-state index contributed by atoms with van der Waals surface area (Å²) < 4.78 is 5.71. The van der Waals surface area contributed by atoms with Crippen molar-refractivity contribution in [1.82, 2.24) is 4.90 Å². The largest absolute Gasteiger partial charge is 0.492 e. The number of ether oxygens (including phenoxy) is 1. The van der Waals surface area contributed by atoms with Crippen LogP contribution in [0.5, 0.6) is 5.75 Å². The predicted molar refractivity (Wildman–Crippen MR) is 71.8 cm³/mol. The first-order chi connectivity index (χ1) is 8.25. The number of benzene rings is 1. The molecule has 0 spiro atoms. The lowest BCUT2D eigenvalue weighted by Gasteiger charge is -2.33. The van der Waals surface area contributed by atoms with Crippen molar-refractivity contribution in [2.24, 2.45) is 0 Å². The first-order valence-corrected chi connectivity index (χ1v) is 6.76. The summed E-state index contributed by atoms with van der Waals surface area (Å²) in [7, 11) is 0. The Balaban J connectivity index is 1.75.